The molecular formula is C18H22ClN5O2. The fourth-order valence-electron chi connectivity index (χ4n) is 3.03. The van der Waals surface area contributed by atoms with Crippen LogP contribution in [0.25, 0.3) is 10.9 Å². The average molecular weight is 376 g/mol. The second-order valence-corrected chi connectivity index (χ2v) is 6.59. The fourth-order valence-corrected chi connectivity index (χ4v) is 3.25. The highest BCUT2D eigenvalue weighted by molar-refractivity contribution is 6.35. The van der Waals surface area contributed by atoms with Gasteiger partial charge in [-0.15, -0.1) is 10.2 Å². The number of ether oxygens (including phenoxy) is 1. The van der Waals surface area contributed by atoms with E-state index in [-0.39, 0.29) is 11.9 Å². The first kappa shape index (κ1) is 18.4. The molecule has 7 nitrogen and oxygen atoms in total. The number of fused-ring (bicyclic) bond motifs is 1. The van der Waals surface area contributed by atoms with E-state index < -0.39 is 0 Å². The maximum atomic E-state index is 12.8. The van der Waals surface area contributed by atoms with Crippen LogP contribution in [0.5, 0.6) is 0 Å². The molecule has 0 aliphatic rings. The van der Waals surface area contributed by atoms with E-state index >= 15 is 0 Å². The molecule has 8 heteroatoms. The van der Waals surface area contributed by atoms with E-state index in [4.69, 9.17) is 16.3 Å². The van der Waals surface area contributed by atoms with Crippen molar-refractivity contribution in [2.24, 2.45) is 7.05 Å². The van der Waals surface area contributed by atoms with Crippen molar-refractivity contribution in [2.75, 3.05) is 13.7 Å². The molecule has 1 amide bonds. The summed E-state index contributed by atoms with van der Waals surface area (Å²) in [4.78, 5) is 12.8. The lowest BCUT2D eigenvalue weighted by Crippen LogP contribution is -2.30. The molecule has 0 radical (unpaired) electrons. The molecule has 0 saturated heterocycles. The van der Waals surface area contributed by atoms with Gasteiger partial charge in [-0.3, -0.25) is 4.79 Å². The van der Waals surface area contributed by atoms with Crippen LogP contribution in [0, 0.1) is 0 Å². The lowest BCUT2D eigenvalue weighted by atomic mass is 10.2. The van der Waals surface area contributed by atoms with Crippen LogP contribution >= 0.6 is 11.6 Å². The topological polar surface area (TPSA) is 74.0 Å². The van der Waals surface area contributed by atoms with E-state index in [0.717, 1.165) is 23.9 Å². The molecule has 0 aliphatic heterocycles. The summed E-state index contributed by atoms with van der Waals surface area (Å²) in [5.41, 5.74) is 1.46. The molecule has 0 spiro atoms. The normalized spacial score (nSPS) is 12.5. The summed E-state index contributed by atoms with van der Waals surface area (Å²) in [7, 11) is 3.53. The van der Waals surface area contributed by atoms with Gasteiger partial charge in [0.05, 0.1) is 6.04 Å². The summed E-state index contributed by atoms with van der Waals surface area (Å²) in [6.45, 7) is 3.29. The molecule has 0 fully saturated rings. The number of nitrogens with one attached hydrogen (secondary N) is 1. The Bertz CT molecular complexity index is 918. The van der Waals surface area contributed by atoms with Crippen molar-refractivity contribution in [3.63, 3.8) is 0 Å². The molecule has 1 aromatic carbocycles. The summed E-state index contributed by atoms with van der Waals surface area (Å²) < 4.78 is 8.85. The van der Waals surface area contributed by atoms with Crippen LogP contribution < -0.4 is 5.32 Å². The summed E-state index contributed by atoms with van der Waals surface area (Å²) >= 11 is 6.24. The lowest BCUT2D eigenvalue weighted by molar-refractivity contribution is 0.0929. The Morgan fingerprint density at radius 3 is 2.96 bits per heavy atom. The van der Waals surface area contributed by atoms with E-state index in [9.17, 15) is 4.79 Å². The predicted octanol–water partition coefficient (Wildman–Crippen LogP) is 2.95. The highest BCUT2D eigenvalue weighted by Crippen LogP contribution is 2.26. The largest absolute Gasteiger partial charge is 0.385 e. The predicted molar refractivity (Wildman–Crippen MR) is 100 cm³/mol. The van der Waals surface area contributed by atoms with Crippen LogP contribution in [-0.2, 0) is 18.3 Å². The molecule has 2 aromatic heterocycles. The van der Waals surface area contributed by atoms with Crippen LogP contribution in [0.15, 0.2) is 30.6 Å². The first-order valence-corrected chi connectivity index (χ1v) is 8.82. The summed E-state index contributed by atoms with van der Waals surface area (Å²) in [5.74, 6) is 0.532. The fraction of sp³-hybridized carbons (Fsp3) is 0.389. The highest BCUT2D eigenvalue weighted by atomic mass is 35.5. The minimum absolute atomic E-state index is 0.182. The first-order chi connectivity index (χ1) is 12.5. The molecule has 138 valence electrons. The quantitative estimate of drug-likeness (QED) is 0.644. The standard InChI is InChI=1S/C18H22ClN5O2/c1-12(17-22-20-11-24(17)8-5-9-26-3)21-18(25)16-10-13-14(19)6-4-7-15(13)23(16)2/h4,6-7,10-12H,5,8-9H2,1-3H3,(H,21,25). The molecule has 0 bridgehead atoms. The highest BCUT2D eigenvalue weighted by Gasteiger charge is 2.20. The number of hydrogen-bond acceptors (Lipinski definition) is 4. The minimum Gasteiger partial charge on any atom is -0.385 e. The van der Waals surface area contributed by atoms with E-state index in [1.54, 1.807) is 13.4 Å². The number of aromatic nitrogens is 4. The SMILES string of the molecule is COCCCn1cnnc1C(C)NC(=O)c1cc2c(Cl)cccc2n1C. The van der Waals surface area contributed by atoms with Gasteiger partial charge >= 0.3 is 0 Å². The smallest absolute Gasteiger partial charge is 0.268 e. The first-order valence-electron chi connectivity index (χ1n) is 8.44. The van der Waals surface area contributed by atoms with Gasteiger partial charge in [-0.25, -0.2) is 0 Å². The zero-order chi connectivity index (χ0) is 18.7. The van der Waals surface area contributed by atoms with Gasteiger partial charge in [0.15, 0.2) is 5.82 Å². The van der Waals surface area contributed by atoms with Gasteiger partial charge < -0.3 is 19.2 Å². The van der Waals surface area contributed by atoms with Gasteiger partial charge in [0, 0.05) is 43.2 Å². The Morgan fingerprint density at radius 2 is 2.23 bits per heavy atom. The van der Waals surface area contributed by atoms with Crippen LogP contribution in [0.2, 0.25) is 5.02 Å². The number of halogens is 1. The molecule has 0 aliphatic carbocycles. The van der Waals surface area contributed by atoms with Crippen LogP contribution in [0.1, 0.15) is 35.7 Å². The number of benzene rings is 1. The summed E-state index contributed by atoms with van der Waals surface area (Å²) in [6, 6.07) is 7.16. The third kappa shape index (κ3) is 3.59. The Morgan fingerprint density at radius 1 is 1.42 bits per heavy atom. The Kier molecular flexibility index (Phi) is 5.58. The van der Waals surface area contributed by atoms with Gasteiger partial charge in [0.2, 0.25) is 0 Å². The molecule has 0 saturated carbocycles. The Hall–Kier alpha value is -2.38. The van der Waals surface area contributed by atoms with Crippen molar-refractivity contribution >= 4 is 28.4 Å². The maximum absolute atomic E-state index is 12.8. The van der Waals surface area contributed by atoms with E-state index in [1.807, 2.05) is 47.4 Å². The zero-order valence-electron chi connectivity index (χ0n) is 15.1. The van der Waals surface area contributed by atoms with Crippen LogP contribution in [-0.4, -0.2) is 39.0 Å². The molecule has 1 unspecified atom stereocenters. The Labute approximate surface area is 156 Å². The second kappa shape index (κ2) is 7.88. The average Bonchev–Trinajstić information content (AvgIpc) is 3.21. The number of aryl methyl sites for hydroxylation is 2. The lowest BCUT2D eigenvalue weighted by Gasteiger charge is -2.15. The van der Waals surface area contributed by atoms with Crippen LogP contribution in [0.3, 0.4) is 0 Å². The number of nitrogens with zero attached hydrogens (tertiary/aromatic N) is 4. The summed E-state index contributed by atoms with van der Waals surface area (Å²) in [5, 5.41) is 12.6. The van der Waals surface area contributed by atoms with Crippen molar-refractivity contribution in [3.8, 4) is 0 Å². The number of carbonyl (C=O) groups is 1. The van der Waals surface area contributed by atoms with Crippen LogP contribution in [0.4, 0.5) is 0 Å². The molecule has 1 N–H and O–H groups in total. The van der Waals surface area contributed by atoms with Gasteiger partial charge in [-0.2, -0.15) is 0 Å². The third-order valence-electron chi connectivity index (χ3n) is 4.39. The summed E-state index contributed by atoms with van der Waals surface area (Å²) in [6.07, 6.45) is 2.52. The number of methoxy groups -OCH3 is 1. The van der Waals surface area contributed by atoms with Gasteiger partial charge in [0.25, 0.3) is 5.91 Å². The molecule has 1 atom stereocenters. The number of rotatable bonds is 7. The molecule has 3 rings (SSSR count). The van der Waals surface area contributed by atoms with E-state index in [0.29, 0.717) is 23.1 Å². The molecular weight excluding hydrogens is 354 g/mol. The molecule has 26 heavy (non-hydrogen) atoms. The van der Waals surface area contributed by atoms with Gasteiger partial charge in [-0.05, 0) is 31.5 Å². The number of carbonyl (C=O) groups excluding carboxylic acids is 1. The van der Waals surface area contributed by atoms with Gasteiger partial charge in [-0.1, -0.05) is 17.7 Å². The van der Waals surface area contributed by atoms with Crippen molar-refractivity contribution in [1.29, 1.82) is 0 Å². The monoisotopic (exact) mass is 375 g/mol. The van der Waals surface area contributed by atoms with Crippen molar-refractivity contribution < 1.29 is 9.53 Å². The second-order valence-electron chi connectivity index (χ2n) is 6.19. The minimum atomic E-state index is -0.277. The Balaban J connectivity index is 1.77. The molecule has 2 heterocycles. The van der Waals surface area contributed by atoms with Crippen molar-refractivity contribution in [3.05, 3.63) is 47.1 Å². The van der Waals surface area contributed by atoms with Crippen molar-refractivity contribution in [2.45, 2.75) is 25.9 Å². The number of amides is 1. The maximum Gasteiger partial charge on any atom is 0.268 e. The van der Waals surface area contributed by atoms with Crippen molar-refractivity contribution in [1.82, 2.24) is 24.6 Å². The third-order valence-corrected chi connectivity index (χ3v) is 4.72. The van der Waals surface area contributed by atoms with E-state index in [2.05, 4.69) is 15.5 Å². The number of hydrogen-bond donors (Lipinski definition) is 1. The van der Waals surface area contributed by atoms with Gasteiger partial charge in [0.1, 0.15) is 12.0 Å². The van der Waals surface area contributed by atoms with E-state index in [1.165, 1.54) is 0 Å². The molecule has 3 aromatic rings. The zero-order valence-corrected chi connectivity index (χ0v) is 15.8.